The quantitative estimate of drug-likeness (QED) is 0.807. The van der Waals surface area contributed by atoms with E-state index in [0.717, 1.165) is 35.7 Å². The maximum atomic E-state index is 4.53. The van der Waals surface area contributed by atoms with Crippen LogP contribution in [0.1, 0.15) is 50.8 Å². The van der Waals surface area contributed by atoms with Crippen molar-refractivity contribution in [1.82, 2.24) is 20.1 Å². The van der Waals surface area contributed by atoms with Crippen molar-refractivity contribution in [3.63, 3.8) is 0 Å². The lowest BCUT2D eigenvalue weighted by atomic mass is 9.99. The number of nitrogens with zero attached hydrogens (tertiary/aromatic N) is 3. The first-order valence-corrected chi connectivity index (χ1v) is 8.14. The summed E-state index contributed by atoms with van der Waals surface area (Å²) in [5.41, 5.74) is 3.26. The van der Waals surface area contributed by atoms with Crippen LogP contribution in [-0.4, -0.2) is 21.3 Å². The summed E-state index contributed by atoms with van der Waals surface area (Å²) in [6, 6.07) is 2.21. The van der Waals surface area contributed by atoms with Gasteiger partial charge in [0.25, 0.3) is 0 Å². The third kappa shape index (κ3) is 4.03. The monoisotopic (exact) mass is 288 g/mol. The standard InChI is InChI=1S/C17H28N4/c1-5-7-8-14(6-2)10-18-11-15-9-16-13(3)20-21(4)17(16)19-12-15/h9,12,14,18H,5-8,10-11H2,1-4H3. The van der Waals surface area contributed by atoms with Crippen LogP contribution >= 0.6 is 0 Å². The summed E-state index contributed by atoms with van der Waals surface area (Å²) in [5, 5.41) is 9.17. The summed E-state index contributed by atoms with van der Waals surface area (Å²) < 4.78 is 1.85. The smallest absolute Gasteiger partial charge is 0.157 e. The van der Waals surface area contributed by atoms with Crippen molar-refractivity contribution in [2.24, 2.45) is 13.0 Å². The Morgan fingerprint density at radius 2 is 2.14 bits per heavy atom. The molecule has 0 amide bonds. The van der Waals surface area contributed by atoms with Crippen LogP contribution in [0, 0.1) is 12.8 Å². The highest BCUT2D eigenvalue weighted by Crippen LogP contribution is 2.17. The topological polar surface area (TPSA) is 42.7 Å². The van der Waals surface area contributed by atoms with E-state index < -0.39 is 0 Å². The molecule has 21 heavy (non-hydrogen) atoms. The van der Waals surface area contributed by atoms with Gasteiger partial charge < -0.3 is 5.32 Å². The number of fused-ring (bicyclic) bond motifs is 1. The summed E-state index contributed by atoms with van der Waals surface area (Å²) in [7, 11) is 1.94. The molecule has 0 aliphatic heterocycles. The summed E-state index contributed by atoms with van der Waals surface area (Å²) in [6.07, 6.45) is 7.17. The van der Waals surface area contributed by atoms with Crippen LogP contribution < -0.4 is 5.32 Å². The molecule has 0 saturated heterocycles. The van der Waals surface area contributed by atoms with E-state index in [1.165, 1.54) is 31.2 Å². The molecule has 0 spiro atoms. The van der Waals surface area contributed by atoms with Crippen molar-refractivity contribution in [2.75, 3.05) is 6.54 Å². The van der Waals surface area contributed by atoms with Gasteiger partial charge in [0.1, 0.15) is 0 Å². The molecule has 2 heterocycles. The van der Waals surface area contributed by atoms with Gasteiger partial charge in [-0.25, -0.2) is 4.98 Å². The fourth-order valence-electron chi connectivity index (χ4n) is 2.81. The Labute approximate surface area is 128 Å². The van der Waals surface area contributed by atoms with Gasteiger partial charge in [0.15, 0.2) is 5.65 Å². The summed E-state index contributed by atoms with van der Waals surface area (Å²) in [6.45, 7) is 8.57. The van der Waals surface area contributed by atoms with Gasteiger partial charge in [-0.3, -0.25) is 4.68 Å². The largest absolute Gasteiger partial charge is 0.312 e. The van der Waals surface area contributed by atoms with Gasteiger partial charge in [-0.15, -0.1) is 0 Å². The normalized spacial score (nSPS) is 13.0. The average molecular weight is 288 g/mol. The predicted molar refractivity (Wildman–Crippen MR) is 88.3 cm³/mol. The highest BCUT2D eigenvalue weighted by atomic mass is 15.3. The van der Waals surface area contributed by atoms with E-state index in [2.05, 4.69) is 35.3 Å². The molecule has 2 rings (SSSR count). The molecule has 0 radical (unpaired) electrons. The van der Waals surface area contributed by atoms with Crippen LogP contribution in [0.4, 0.5) is 0 Å². The summed E-state index contributed by atoms with van der Waals surface area (Å²) in [4.78, 5) is 4.53. The number of hydrogen-bond acceptors (Lipinski definition) is 3. The number of hydrogen-bond donors (Lipinski definition) is 1. The zero-order chi connectivity index (χ0) is 15.2. The van der Waals surface area contributed by atoms with E-state index in [4.69, 9.17) is 0 Å². The number of pyridine rings is 1. The molecule has 4 heteroatoms. The van der Waals surface area contributed by atoms with Crippen molar-refractivity contribution in [1.29, 1.82) is 0 Å². The minimum atomic E-state index is 0.793. The second kappa shape index (κ2) is 7.55. The lowest BCUT2D eigenvalue weighted by Crippen LogP contribution is -2.22. The van der Waals surface area contributed by atoms with E-state index in [-0.39, 0.29) is 0 Å². The van der Waals surface area contributed by atoms with Crippen molar-refractivity contribution < 1.29 is 0 Å². The molecule has 0 aromatic carbocycles. The van der Waals surface area contributed by atoms with Crippen molar-refractivity contribution in [3.05, 3.63) is 23.5 Å². The van der Waals surface area contributed by atoms with E-state index >= 15 is 0 Å². The molecule has 2 aromatic rings. The zero-order valence-corrected chi connectivity index (χ0v) is 13.8. The van der Waals surface area contributed by atoms with Crippen LogP contribution in [0.5, 0.6) is 0 Å². The van der Waals surface area contributed by atoms with Crippen molar-refractivity contribution >= 4 is 11.0 Å². The van der Waals surface area contributed by atoms with E-state index in [1.807, 2.05) is 24.9 Å². The van der Waals surface area contributed by atoms with Gasteiger partial charge in [-0.05, 0) is 37.4 Å². The lowest BCUT2D eigenvalue weighted by molar-refractivity contribution is 0.419. The highest BCUT2D eigenvalue weighted by molar-refractivity contribution is 5.78. The first-order chi connectivity index (χ1) is 10.2. The Morgan fingerprint density at radius 3 is 2.86 bits per heavy atom. The summed E-state index contributed by atoms with van der Waals surface area (Å²) >= 11 is 0. The second-order valence-corrected chi connectivity index (χ2v) is 5.97. The molecular weight excluding hydrogens is 260 g/mol. The maximum Gasteiger partial charge on any atom is 0.157 e. The first-order valence-electron chi connectivity index (χ1n) is 8.14. The molecule has 4 nitrogen and oxygen atoms in total. The Morgan fingerprint density at radius 1 is 1.33 bits per heavy atom. The number of unbranched alkanes of at least 4 members (excludes halogenated alkanes) is 1. The zero-order valence-electron chi connectivity index (χ0n) is 13.8. The second-order valence-electron chi connectivity index (χ2n) is 5.97. The van der Waals surface area contributed by atoms with Crippen molar-refractivity contribution in [2.45, 2.75) is 53.0 Å². The highest BCUT2D eigenvalue weighted by Gasteiger charge is 2.08. The molecule has 0 fully saturated rings. The molecule has 1 atom stereocenters. The molecule has 1 unspecified atom stereocenters. The number of aryl methyl sites for hydroxylation is 2. The third-order valence-corrected chi connectivity index (χ3v) is 4.23. The van der Waals surface area contributed by atoms with Gasteiger partial charge in [0.2, 0.25) is 0 Å². The minimum absolute atomic E-state index is 0.793. The third-order valence-electron chi connectivity index (χ3n) is 4.23. The van der Waals surface area contributed by atoms with Gasteiger partial charge in [0.05, 0.1) is 5.69 Å². The fourth-order valence-corrected chi connectivity index (χ4v) is 2.81. The van der Waals surface area contributed by atoms with Gasteiger partial charge in [-0.2, -0.15) is 5.10 Å². The minimum Gasteiger partial charge on any atom is -0.312 e. The van der Waals surface area contributed by atoms with Gasteiger partial charge in [-0.1, -0.05) is 33.1 Å². The lowest BCUT2D eigenvalue weighted by Gasteiger charge is -2.15. The number of rotatable bonds is 8. The molecule has 116 valence electrons. The van der Waals surface area contributed by atoms with Crippen molar-refractivity contribution in [3.8, 4) is 0 Å². The van der Waals surface area contributed by atoms with E-state index in [1.54, 1.807) is 0 Å². The Hall–Kier alpha value is -1.42. The van der Waals surface area contributed by atoms with Gasteiger partial charge in [0, 0.05) is 25.2 Å². The van der Waals surface area contributed by atoms with E-state index in [9.17, 15) is 0 Å². The van der Waals surface area contributed by atoms with Crippen LogP contribution in [0.3, 0.4) is 0 Å². The van der Waals surface area contributed by atoms with Crippen LogP contribution in [0.2, 0.25) is 0 Å². The molecule has 2 aromatic heterocycles. The Bertz CT molecular complexity index is 573. The molecule has 0 bridgehead atoms. The predicted octanol–water partition coefficient (Wildman–Crippen LogP) is 3.58. The van der Waals surface area contributed by atoms with Crippen LogP contribution in [0.25, 0.3) is 11.0 Å². The maximum absolute atomic E-state index is 4.53. The Balaban J connectivity index is 1.92. The molecule has 0 saturated carbocycles. The first kappa shape index (κ1) is 16.0. The summed E-state index contributed by atoms with van der Waals surface area (Å²) in [5.74, 6) is 0.793. The molecule has 1 N–H and O–H groups in total. The van der Waals surface area contributed by atoms with Crippen LogP contribution in [0.15, 0.2) is 12.3 Å². The average Bonchev–Trinajstić information content (AvgIpc) is 2.77. The molecular formula is C17H28N4. The SMILES string of the molecule is CCCCC(CC)CNCc1cnc2c(c1)c(C)nn2C. The van der Waals surface area contributed by atoms with Crippen LogP contribution in [-0.2, 0) is 13.6 Å². The number of nitrogens with one attached hydrogen (secondary N) is 1. The Kier molecular flexibility index (Phi) is 5.74. The molecule has 0 aliphatic rings. The molecule has 0 aliphatic carbocycles. The van der Waals surface area contributed by atoms with Gasteiger partial charge >= 0.3 is 0 Å². The number of aromatic nitrogens is 3. The van der Waals surface area contributed by atoms with E-state index in [0.29, 0.717) is 0 Å². The fraction of sp³-hybridized carbons (Fsp3) is 0.647.